The first-order valence-electron chi connectivity index (χ1n) is 4.05. The maximum Gasteiger partial charge on any atom is 0.0867 e. The molecule has 0 aliphatic carbocycles. The molecular formula is C10H12S2. The molecule has 0 atom stereocenters. The molecular weight excluding hydrogens is 184 g/mol. The Morgan fingerprint density at radius 2 is 2.00 bits per heavy atom. The molecule has 12 heavy (non-hydrogen) atoms. The van der Waals surface area contributed by atoms with Gasteiger partial charge in [0.15, 0.2) is 0 Å². The fourth-order valence-corrected chi connectivity index (χ4v) is 3.30. The molecule has 0 saturated heterocycles. The second-order valence-electron chi connectivity index (χ2n) is 4.02. The van der Waals surface area contributed by atoms with Gasteiger partial charge < -0.3 is 0 Å². The summed E-state index contributed by atoms with van der Waals surface area (Å²) in [5, 5.41) is 3.57. The van der Waals surface area contributed by atoms with E-state index in [4.69, 9.17) is 0 Å². The summed E-state index contributed by atoms with van der Waals surface area (Å²) in [6.45, 7) is 6.80. The summed E-state index contributed by atoms with van der Waals surface area (Å²) in [6, 6.07) is 4.52. The molecule has 0 bridgehead atoms. The summed E-state index contributed by atoms with van der Waals surface area (Å²) in [7, 11) is 0. The molecule has 0 saturated carbocycles. The average Bonchev–Trinajstić information content (AvgIpc) is 2.37. The van der Waals surface area contributed by atoms with Gasteiger partial charge >= 0.3 is 0 Å². The van der Waals surface area contributed by atoms with Crippen molar-refractivity contribution >= 4 is 32.1 Å². The third kappa shape index (κ3) is 1.29. The van der Waals surface area contributed by atoms with Crippen LogP contribution in [-0.2, 0) is 5.41 Å². The van der Waals surface area contributed by atoms with Crippen LogP contribution in [-0.4, -0.2) is 0 Å². The molecule has 0 aromatic carbocycles. The van der Waals surface area contributed by atoms with Gasteiger partial charge in [-0.15, -0.1) is 22.7 Å². The maximum absolute atomic E-state index is 2.32. The number of fused-ring (bicyclic) bond motifs is 1. The van der Waals surface area contributed by atoms with Crippen molar-refractivity contribution in [3.05, 3.63) is 22.4 Å². The Morgan fingerprint density at radius 3 is 2.58 bits per heavy atom. The fraction of sp³-hybridized carbons (Fsp3) is 0.400. The Bertz CT molecular complexity index is 359. The molecule has 0 nitrogen and oxygen atoms in total. The van der Waals surface area contributed by atoms with Gasteiger partial charge in [0.2, 0.25) is 0 Å². The zero-order valence-electron chi connectivity index (χ0n) is 7.55. The minimum absolute atomic E-state index is 0.309. The van der Waals surface area contributed by atoms with Gasteiger partial charge in [0.25, 0.3) is 0 Å². The van der Waals surface area contributed by atoms with Crippen LogP contribution in [0.3, 0.4) is 0 Å². The summed E-state index contributed by atoms with van der Waals surface area (Å²) in [5.41, 5.74) is 0.309. The van der Waals surface area contributed by atoms with E-state index < -0.39 is 0 Å². The molecule has 0 radical (unpaired) electrons. The third-order valence-electron chi connectivity index (χ3n) is 1.89. The molecule has 0 unspecified atom stereocenters. The highest BCUT2D eigenvalue weighted by Gasteiger charge is 2.16. The summed E-state index contributed by atoms with van der Waals surface area (Å²) >= 11 is 3.77. The van der Waals surface area contributed by atoms with Crippen LogP contribution in [0.1, 0.15) is 25.6 Å². The van der Waals surface area contributed by atoms with Gasteiger partial charge in [0.1, 0.15) is 0 Å². The molecule has 2 heterocycles. The van der Waals surface area contributed by atoms with E-state index >= 15 is 0 Å². The normalized spacial score (nSPS) is 12.6. The van der Waals surface area contributed by atoms with Crippen LogP contribution >= 0.6 is 22.7 Å². The van der Waals surface area contributed by atoms with Gasteiger partial charge in [0, 0.05) is 10.3 Å². The first kappa shape index (κ1) is 8.27. The van der Waals surface area contributed by atoms with Crippen molar-refractivity contribution in [1.29, 1.82) is 0 Å². The number of rotatable bonds is 0. The van der Waals surface area contributed by atoms with Crippen molar-refractivity contribution in [2.45, 2.75) is 26.2 Å². The highest BCUT2D eigenvalue weighted by molar-refractivity contribution is 7.37. The average molecular weight is 196 g/mol. The number of hydrogen-bond acceptors (Lipinski definition) is 2. The molecule has 2 aromatic rings. The topological polar surface area (TPSA) is 0 Å². The molecule has 2 rings (SSSR count). The Balaban J connectivity index is 2.59. The summed E-state index contributed by atoms with van der Waals surface area (Å²) in [4.78, 5) is 1.49. The van der Waals surface area contributed by atoms with E-state index in [1.165, 1.54) is 14.3 Å². The standard InChI is InChI=1S/C10H12S2/c1-10(2,3)8-6-7-4-5-11-9(7)12-8/h4-6H,1-3H3. The van der Waals surface area contributed by atoms with Gasteiger partial charge in [0.05, 0.1) is 4.01 Å². The maximum atomic E-state index is 2.32. The second-order valence-corrected chi connectivity index (χ2v) is 6.25. The van der Waals surface area contributed by atoms with Crippen LogP contribution in [0.4, 0.5) is 0 Å². The van der Waals surface area contributed by atoms with Gasteiger partial charge in [-0.1, -0.05) is 20.8 Å². The lowest BCUT2D eigenvalue weighted by atomic mass is 9.94. The minimum Gasteiger partial charge on any atom is -0.133 e. The van der Waals surface area contributed by atoms with Gasteiger partial charge in [-0.2, -0.15) is 0 Å². The molecule has 0 spiro atoms. The quantitative estimate of drug-likeness (QED) is 0.590. The van der Waals surface area contributed by atoms with Crippen molar-refractivity contribution in [3.63, 3.8) is 0 Å². The molecule has 0 amide bonds. The lowest BCUT2D eigenvalue weighted by molar-refractivity contribution is 0.604. The Morgan fingerprint density at radius 1 is 1.25 bits per heavy atom. The number of hydrogen-bond donors (Lipinski definition) is 0. The van der Waals surface area contributed by atoms with Crippen molar-refractivity contribution < 1.29 is 0 Å². The zero-order valence-corrected chi connectivity index (χ0v) is 9.18. The lowest BCUT2D eigenvalue weighted by Crippen LogP contribution is -2.07. The molecule has 2 aromatic heterocycles. The van der Waals surface area contributed by atoms with E-state index in [-0.39, 0.29) is 0 Å². The summed E-state index contributed by atoms with van der Waals surface area (Å²) in [5.74, 6) is 0. The molecule has 0 aliphatic heterocycles. The molecule has 0 aliphatic rings. The van der Waals surface area contributed by atoms with E-state index in [1.54, 1.807) is 0 Å². The van der Waals surface area contributed by atoms with E-state index in [1.807, 2.05) is 22.7 Å². The highest BCUT2D eigenvalue weighted by atomic mass is 32.2. The van der Waals surface area contributed by atoms with Crippen molar-refractivity contribution in [1.82, 2.24) is 0 Å². The van der Waals surface area contributed by atoms with Crippen LogP contribution in [0.5, 0.6) is 0 Å². The largest absolute Gasteiger partial charge is 0.133 e. The van der Waals surface area contributed by atoms with E-state index in [0.29, 0.717) is 5.41 Å². The van der Waals surface area contributed by atoms with Crippen LogP contribution < -0.4 is 0 Å². The zero-order chi connectivity index (χ0) is 8.77. The van der Waals surface area contributed by atoms with Gasteiger partial charge in [-0.25, -0.2) is 0 Å². The Labute approximate surface area is 80.9 Å². The first-order valence-corrected chi connectivity index (χ1v) is 5.74. The highest BCUT2D eigenvalue weighted by Crippen LogP contribution is 2.36. The predicted molar refractivity (Wildman–Crippen MR) is 58.4 cm³/mol. The molecule has 64 valence electrons. The first-order chi connectivity index (χ1) is 5.57. The van der Waals surface area contributed by atoms with Gasteiger partial charge in [-0.05, 0) is 22.9 Å². The van der Waals surface area contributed by atoms with E-state index in [2.05, 4.69) is 38.3 Å². The van der Waals surface area contributed by atoms with Crippen molar-refractivity contribution in [2.75, 3.05) is 0 Å². The Kier molecular flexibility index (Phi) is 1.77. The van der Waals surface area contributed by atoms with Gasteiger partial charge in [-0.3, -0.25) is 0 Å². The van der Waals surface area contributed by atoms with E-state index in [9.17, 15) is 0 Å². The van der Waals surface area contributed by atoms with Crippen LogP contribution in [0.2, 0.25) is 0 Å². The molecule has 2 heteroatoms. The number of thiophene rings is 2. The third-order valence-corrected chi connectivity index (χ3v) is 4.52. The van der Waals surface area contributed by atoms with Crippen molar-refractivity contribution in [3.8, 4) is 0 Å². The second kappa shape index (κ2) is 2.57. The molecule has 0 fully saturated rings. The summed E-state index contributed by atoms with van der Waals surface area (Å²) < 4.78 is 1.46. The van der Waals surface area contributed by atoms with E-state index in [0.717, 1.165) is 0 Å². The van der Waals surface area contributed by atoms with Crippen LogP contribution in [0.15, 0.2) is 17.5 Å². The fourth-order valence-electron chi connectivity index (χ4n) is 1.14. The Hall–Kier alpha value is -0.340. The lowest BCUT2D eigenvalue weighted by Gasteiger charge is -2.14. The molecule has 0 N–H and O–H groups in total. The summed E-state index contributed by atoms with van der Waals surface area (Å²) in [6.07, 6.45) is 0. The predicted octanol–water partition coefficient (Wildman–Crippen LogP) is 4.26. The smallest absolute Gasteiger partial charge is 0.0867 e. The van der Waals surface area contributed by atoms with Crippen molar-refractivity contribution in [2.24, 2.45) is 0 Å². The van der Waals surface area contributed by atoms with Crippen LogP contribution in [0, 0.1) is 0 Å². The monoisotopic (exact) mass is 196 g/mol. The van der Waals surface area contributed by atoms with Crippen LogP contribution in [0.25, 0.3) is 9.40 Å². The minimum atomic E-state index is 0.309. The SMILES string of the molecule is CC(C)(C)c1cc2ccsc2s1.